The van der Waals surface area contributed by atoms with Gasteiger partial charge in [-0.1, -0.05) is 24.9 Å². The molecule has 0 bridgehead atoms. The summed E-state index contributed by atoms with van der Waals surface area (Å²) in [6.07, 6.45) is 1.77. The summed E-state index contributed by atoms with van der Waals surface area (Å²) < 4.78 is 12.3. The third-order valence-corrected chi connectivity index (χ3v) is 1.45. The number of thioether (sulfide) groups is 1. The normalized spacial score (nSPS) is 10.9. The zero-order valence-corrected chi connectivity index (χ0v) is 7.12. The lowest BCUT2D eigenvalue weighted by atomic mass is 10.5. The van der Waals surface area contributed by atoms with E-state index in [1.807, 2.05) is 0 Å². The first kappa shape index (κ1) is 10.1. The molecule has 0 aliphatic rings. The Morgan fingerprint density at radius 3 is 2.27 bits per heavy atom. The van der Waals surface area contributed by atoms with Crippen LogP contribution < -0.4 is 0 Å². The zero-order valence-electron chi connectivity index (χ0n) is 6.30. The molecule has 2 nitrogen and oxygen atoms in total. The zero-order chi connectivity index (χ0) is 8.85. The van der Waals surface area contributed by atoms with Crippen molar-refractivity contribution in [3.63, 3.8) is 0 Å². The van der Waals surface area contributed by atoms with E-state index in [9.17, 15) is 4.39 Å². The summed E-state index contributed by atoms with van der Waals surface area (Å²) in [5, 5.41) is 0.383. The fourth-order valence-corrected chi connectivity index (χ4v) is 0.652. The van der Waals surface area contributed by atoms with Crippen LogP contribution in [0.15, 0.2) is 34.7 Å². The maximum Gasteiger partial charge on any atom is 0.187 e. The first-order valence-electron chi connectivity index (χ1n) is 2.75. The van der Waals surface area contributed by atoms with Crippen molar-refractivity contribution < 1.29 is 4.39 Å². The van der Waals surface area contributed by atoms with Gasteiger partial charge in [-0.15, -0.1) is 0 Å². The molecular formula is C7H9FN2S. The van der Waals surface area contributed by atoms with Crippen molar-refractivity contribution in [2.24, 2.45) is 9.98 Å². The number of nitrogens with zero attached hydrogens (tertiary/aromatic N) is 2. The van der Waals surface area contributed by atoms with E-state index in [0.29, 0.717) is 5.17 Å². The molecule has 60 valence electrons. The van der Waals surface area contributed by atoms with Crippen molar-refractivity contribution in [3.05, 3.63) is 24.7 Å². The second kappa shape index (κ2) is 4.85. The number of hydrogen-bond acceptors (Lipinski definition) is 2. The largest absolute Gasteiger partial charge is 0.239 e. The van der Waals surface area contributed by atoms with Crippen LogP contribution in [0.25, 0.3) is 0 Å². The van der Waals surface area contributed by atoms with Crippen LogP contribution in [-0.2, 0) is 0 Å². The van der Waals surface area contributed by atoms with E-state index in [2.05, 4.69) is 29.9 Å². The highest BCUT2D eigenvalue weighted by Crippen LogP contribution is 2.11. The van der Waals surface area contributed by atoms with Gasteiger partial charge in [-0.05, 0) is 13.0 Å². The van der Waals surface area contributed by atoms with Gasteiger partial charge in [0.25, 0.3) is 0 Å². The highest BCUT2D eigenvalue weighted by molar-refractivity contribution is 8.13. The molecular weight excluding hydrogens is 163 g/mol. The topological polar surface area (TPSA) is 24.7 Å². The Hall–Kier alpha value is -0.900. The van der Waals surface area contributed by atoms with Crippen LogP contribution in [0.4, 0.5) is 4.39 Å². The van der Waals surface area contributed by atoms with Gasteiger partial charge < -0.3 is 0 Å². The van der Waals surface area contributed by atoms with E-state index in [1.54, 1.807) is 6.26 Å². The Balaban J connectivity index is 4.39. The molecule has 0 saturated carbocycles. The van der Waals surface area contributed by atoms with E-state index in [4.69, 9.17) is 0 Å². The lowest BCUT2D eigenvalue weighted by Gasteiger charge is -1.95. The fourth-order valence-electron chi connectivity index (χ4n) is 0.322. The molecule has 0 N–H and O–H groups in total. The van der Waals surface area contributed by atoms with Crippen LogP contribution in [0.3, 0.4) is 0 Å². The number of allylic oxidation sites excluding steroid dienone is 1. The third kappa shape index (κ3) is 3.72. The highest BCUT2D eigenvalue weighted by atomic mass is 32.2. The number of halogens is 1. The van der Waals surface area contributed by atoms with Crippen LogP contribution in [-0.4, -0.2) is 18.1 Å². The molecule has 0 aliphatic carbocycles. The summed E-state index contributed by atoms with van der Waals surface area (Å²) in [6.45, 7) is 9.61. The summed E-state index contributed by atoms with van der Waals surface area (Å²) in [5.74, 6) is -0.653. The monoisotopic (exact) mass is 172 g/mol. The Kier molecular flexibility index (Phi) is 4.45. The SMILES string of the molecule is C=NC(=NC(=C)C(=C)F)SC. The summed E-state index contributed by atoms with van der Waals surface area (Å²) >= 11 is 1.27. The van der Waals surface area contributed by atoms with Gasteiger partial charge in [-0.3, -0.25) is 0 Å². The molecule has 0 heterocycles. The van der Waals surface area contributed by atoms with Gasteiger partial charge in [-0.25, -0.2) is 14.4 Å². The predicted octanol–water partition coefficient (Wildman–Crippen LogP) is 2.40. The molecule has 0 saturated heterocycles. The minimum Gasteiger partial charge on any atom is -0.239 e. The minimum atomic E-state index is -0.653. The molecule has 0 aromatic heterocycles. The van der Waals surface area contributed by atoms with Gasteiger partial charge >= 0.3 is 0 Å². The van der Waals surface area contributed by atoms with Crippen LogP contribution in [0.5, 0.6) is 0 Å². The molecule has 0 unspecified atom stereocenters. The van der Waals surface area contributed by atoms with E-state index in [1.165, 1.54) is 11.8 Å². The molecule has 0 amide bonds. The van der Waals surface area contributed by atoms with Crippen LogP contribution in [0.2, 0.25) is 0 Å². The standard InChI is InChI=1S/C7H9FN2S/c1-5(8)6(2)10-7(9-3)11-4/h1-3H2,4H3. The quantitative estimate of drug-likeness (QED) is 0.356. The van der Waals surface area contributed by atoms with Gasteiger partial charge in [-0.2, -0.15) is 0 Å². The molecule has 0 aromatic rings. The van der Waals surface area contributed by atoms with E-state index in [-0.39, 0.29) is 5.70 Å². The average molecular weight is 172 g/mol. The Morgan fingerprint density at radius 2 is 2.00 bits per heavy atom. The number of amidine groups is 1. The Bertz CT molecular complexity index is 220. The van der Waals surface area contributed by atoms with Crippen LogP contribution >= 0.6 is 11.8 Å². The molecule has 0 rings (SSSR count). The second-order valence-corrected chi connectivity index (χ2v) is 2.38. The summed E-state index contributed by atoms with van der Waals surface area (Å²) in [6, 6.07) is 0. The molecule has 0 spiro atoms. The molecule has 11 heavy (non-hydrogen) atoms. The highest BCUT2D eigenvalue weighted by Gasteiger charge is 1.97. The Morgan fingerprint density at radius 1 is 1.45 bits per heavy atom. The maximum atomic E-state index is 12.3. The second-order valence-electron chi connectivity index (χ2n) is 1.61. The van der Waals surface area contributed by atoms with Gasteiger partial charge in [0.2, 0.25) is 0 Å². The fraction of sp³-hybridized carbons (Fsp3) is 0.143. The van der Waals surface area contributed by atoms with E-state index >= 15 is 0 Å². The van der Waals surface area contributed by atoms with Crippen LogP contribution in [0.1, 0.15) is 0 Å². The van der Waals surface area contributed by atoms with Crippen molar-refractivity contribution in [1.29, 1.82) is 0 Å². The van der Waals surface area contributed by atoms with Crippen molar-refractivity contribution in [1.82, 2.24) is 0 Å². The van der Waals surface area contributed by atoms with Gasteiger partial charge in [0.1, 0.15) is 5.83 Å². The van der Waals surface area contributed by atoms with Gasteiger partial charge in [0.15, 0.2) is 5.17 Å². The maximum absolute atomic E-state index is 12.3. The summed E-state index contributed by atoms with van der Waals surface area (Å²) in [5.41, 5.74) is -0.0123. The smallest absolute Gasteiger partial charge is 0.187 e. The third-order valence-electron chi connectivity index (χ3n) is 0.862. The average Bonchev–Trinajstić information content (AvgIpc) is 1.99. The number of rotatable bonds is 2. The van der Waals surface area contributed by atoms with Crippen molar-refractivity contribution in [2.75, 3.05) is 6.26 Å². The molecule has 0 aromatic carbocycles. The van der Waals surface area contributed by atoms with Crippen LogP contribution in [0, 0.1) is 0 Å². The molecule has 4 heteroatoms. The lowest BCUT2D eigenvalue weighted by molar-refractivity contribution is 0.654. The van der Waals surface area contributed by atoms with Crippen molar-refractivity contribution in [3.8, 4) is 0 Å². The molecule has 0 radical (unpaired) electrons. The first-order valence-corrected chi connectivity index (χ1v) is 3.97. The minimum absolute atomic E-state index is 0.0123. The predicted molar refractivity (Wildman–Crippen MR) is 49.9 cm³/mol. The van der Waals surface area contributed by atoms with Crippen molar-refractivity contribution in [2.45, 2.75) is 0 Å². The number of aliphatic imine (C=N–C) groups is 2. The van der Waals surface area contributed by atoms with Crippen molar-refractivity contribution >= 4 is 23.6 Å². The van der Waals surface area contributed by atoms with E-state index in [0.717, 1.165) is 0 Å². The van der Waals surface area contributed by atoms with E-state index < -0.39 is 5.83 Å². The summed E-state index contributed by atoms with van der Waals surface area (Å²) in [7, 11) is 0. The lowest BCUT2D eigenvalue weighted by Crippen LogP contribution is -1.86. The molecule has 0 fully saturated rings. The first-order chi connectivity index (χ1) is 5.11. The van der Waals surface area contributed by atoms with Gasteiger partial charge in [0, 0.05) is 0 Å². The Labute approximate surface area is 69.6 Å². The summed E-state index contributed by atoms with van der Waals surface area (Å²) in [4.78, 5) is 7.22. The molecule has 0 atom stereocenters. The number of hydrogen-bond donors (Lipinski definition) is 0. The molecule has 0 aliphatic heterocycles. The van der Waals surface area contributed by atoms with Gasteiger partial charge in [0.05, 0.1) is 5.70 Å².